The van der Waals surface area contributed by atoms with Crippen molar-refractivity contribution in [1.82, 2.24) is 0 Å². The van der Waals surface area contributed by atoms with Gasteiger partial charge in [-0.2, -0.15) is 0 Å². The van der Waals surface area contributed by atoms with Crippen LogP contribution in [0.2, 0.25) is 118 Å². The van der Waals surface area contributed by atoms with Crippen molar-refractivity contribution in [3.63, 3.8) is 0 Å². The largest absolute Gasteiger partial charge is 3.00 e. The third-order valence-corrected chi connectivity index (χ3v) is 18.1. The van der Waals surface area contributed by atoms with Gasteiger partial charge in [-0.1, -0.05) is 167 Å². The molecule has 28 heavy (non-hydrogen) atoms. The van der Waals surface area contributed by atoms with Gasteiger partial charge in [-0.15, -0.1) is 0 Å². The summed E-state index contributed by atoms with van der Waals surface area (Å²) >= 11 is 0. The van der Waals surface area contributed by atoms with Crippen molar-refractivity contribution in [2.75, 3.05) is 0 Å². The molecule has 0 amide bonds. The molecule has 170 valence electrons. The molecule has 10 heteroatoms. The van der Waals surface area contributed by atoms with Crippen molar-refractivity contribution < 1.29 is 0 Å². The summed E-state index contributed by atoms with van der Waals surface area (Å²) in [5, 5.41) is 0. The fourth-order valence-electron chi connectivity index (χ4n) is 3.02. The molecule has 0 aromatic rings. The minimum atomic E-state index is -1.11. The van der Waals surface area contributed by atoms with E-state index in [1.807, 2.05) is 0 Å². The Balaban J connectivity index is -0.000000152. The first-order valence-corrected chi connectivity index (χ1v) is 31.0. The standard InChI is InChI=1S/3C6H18NSi2.Bi/c3*1-8(2,3)7-9(4,5)6;/h3*1-6H3;/q3*-1;+3. The maximum absolute atomic E-state index is 4.82. The molecule has 0 aliphatic heterocycles. The molecule has 0 atom stereocenters. The Morgan fingerprint density at radius 2 is 0.321 bits per heavy atom. The molecule has 0 aliphatic carbocycles. The Labute approximate surface area is 206 Å². The second kappa shape index (κ2) is 13.6. The van der Waals surface area contributed by atoms with E-state index in [0.717, 1.165) is 0 Å². The van der Waals surface area contributed by atoms with Gasteiger partial charge in [-0.25, -0.2) is 0 Å². The second-order valence-electron chi connectivity index (χ2n) is 13.4. The predicted molar refractivity (Wildman–Crippen MR) is 156 cm³/mol. The molecule has 0 saturated heterocycles. The van der Waals surface area contributed by atoms with Gasteiger partial charge in [0.15, 0.2) is 0 Å². The molecular weight excluding hydrogens is 636 g/mol. The number of hydrogen-bond donors (Lipinski definition) is 0. The maximum atomic E-state index is 4.82. The van der Waals surface area contributed by atoms with Gasteiger partial charge in [-0.3, -0.25) is 0 Å². The van der Waals surface area contributed by atoms with Crippen LogP contribution in [0.4, 0.5) is 0 Å². The van der Waals surface area contributed by atoms with Crippen LogP contribution < -0.4 is 0 Å². The van der Waals surface area contributed by atoms with Gasteiger partial charge in [-0.05, 0) is 0 Å². The third-order valence-electron chi connectivity index (χ3n) is 2.01. The van der Waals surface area contributed by atoms with Gasteiger partial charge in [0.1, 0.15) is 0 Å². The Hall–Kier alpha value is 2.06. The van der Waals surface area contributed by atoms with E-state index >= 15 is 0 Å². The molecule has 0 heterocycles. The van der Waals surface area contributed by atoms with Crippen molar-refractivity contribution in [3.8, 4) is 0 Å². The summed E-state index contributed by atoms with van der Waals surface area (Å²) in [6.07, 6.45) is 0. The Morgan fingerprint density at radius 1 is 0.250 bits per heavy atom. The molecule has 0 fully saturated rings. The average molecular weight is 690 g/mol. The van der Waals surface area contributed by atoms with Crippen LogP contribution in [0.3, 0.4) is 0 Å². The van der Waals surface area contributed by atoms with E-state index in [9.17, 15) is 0 Å². The van der Waals surface area contributed by atoms with Crippen molar-refractivity contribution in [2.24, 2.45) is 0 Å². The van der Waals surface area contributed by atoms with Gasteiger partial charge in [0, 0.05) is 0 Å². The van der Waals surface area contributed by atoms with Crippen molar-refractivity contribution in [3.05, 3.63) is 13.9 Å². The Morgan fingerprint density at radius 3 is 0.321 bits per heavy atom. The van der Waals surface area contributed by atoms with Crippen LogP contribution in [0.15, 0.2) is 0 Å². The molecule has 3 nitrogen and oxygen atoms in total. The maximum Gasteiger partial charge on any atom is 3.00 e. The van der Waals surface area contributed by atoms with Crippen LogP contribution in [-0.2, 0) is 0 Å². The van der Waals surface area contributed by atoms with E-state index in [1.54, 1.807) is 0 Å². The van der Waals surface area contributed by atoms with E-state index in [4.69, 9.17) is 13.9 Å². The summed E-state index contributed by atoms with van der Waals surface area (Å²) in [4.78, 5) is 0. The molecule has 0 rings (SSSR count). The summed E-state index contributed by atoms with van der Waals surface area (Å²) in [7, 11) is -6.64. The van der Waals surface area contributed by atoms with Crippen LogP contribution in [0.25, 0.3) is 13.9 Å². The zero-order valence-corrected chi connectivity index (χ0v) is 32.3. The fourth-order valence-corrected chi connectivity index (χ4v) is 27.2. The van der Waals surface area contributed by atoms with Crippen molar-refractivity contribution >= 4 is 75.6 Å². The van der Waals surface area contributed by atoms with Crippen LogP contribution in [0.1, 0.15) is 0 Å². The van der Waals surface area contributed by atoms with E-state index < -0.39 is 49.4 Å². The fraction of sp³-hybridized carbons (Fsp3) is 1.00. The van der Waals surface area contributed by atoms with Crippen molar-refractivity contribution in [2.45, 2.75) is 118 Å². The minimum Gasteiger partial charge on any atom is -0.668 e. The summed E-state index contributed by atoms with van der Waals surface area (Å²) < 4.78 is 14.5. The summed E-state index contributed by atoms with van der Waals surface area (Å²) in [5.41, 5.74) is 0. The van der Waals surface area contributed by atoms with E-state index in [2.05, 4.69) is 118 Å². The smallest absolute Gasteiger partial charge is 0.668 e. The summed E-state index contributed by atoms with van der Waals surface area (Å²) in [5.74, 6) is 0. The molecule has 0 aliphatic rings. The van der Waals surface area contributed by atoms with Crippen LogP contribution in [-0.4, -0.2) is 75.6 Å². The molecule has 0 aromatic carbocycles. The molecule has 0 aromatic heterocycles. The summed E-state index contributed by atoms with van der Waals surface area (Å²) in [6, 6.07) is 0. The second-order valence-corrected chi connectivity index (χ2v) is 42.1. The van der Waals surface area contributed by atoms with E-state index in [-0.39, 0.29) is 26.2 Å². The topological polar surface area (TPSA) is 42.3 Å². The van der Waals surface area contributed by atoms with Gasteiger partial charge < -0.3 is 13.9 Å². The minimum absolute atomic E-state index is 0. The first kappa shape index (κ1) is 37.4. The first-order valence-electron chi connectivity index (χ1n) is 10.3. The Bertz CT molecular complexity index is 297. The van der Waals surface area contributed by atoms with Crippen molar-refractivity contribution in [1.29, 1.82) is 0 Å². The normalized spacial score (nSPS) is 13.5. The number of rotatable bonds is 6. The Kier molecular flexibility index (Phi) is 18.1. The van der Waals surface area contributed by atoms with Gasteiger partial charge >= 0.3 is 26.2 Å². The molecule has 2 radical (unpaired) electrons. The first-order chi connectivity index (χ1) is 11.1. The molecule has 0 saturated carbocycles. The zero-order valence-electron chi connectivity index (χ0n) is 22.8. The quantitative estimate of drug-likeness (QED) is 0.251. The van der Waals surface area contributed by atoms with Crippen LogP contribution in [0.5, 0.6) is 0 Å². The number of nitrogens with zero attached hydrogens (tertiary/aromatic N) is 3. The SMILES string of the molecule is C[Si](C)(C)[N-][Si](C)(C)C.C[Si](C)(C)[N-][Si](C)(C)C.C[Si](C)(C)[N-][Si](C)(C)C.[Bi+3]. The summed E-state index contributed by atoms with van der Waals surface area (Å²) in [6.45, 7) is 41.3. The van der Waals surface area contributed by atoms with Gasteiger partial charge in [0.2, 0.25) is 0 Å². The van der Waals surface area contributed by atoms with Crippen LogP contribution >= 0.6 is 0 Å². The van der Waals surface area contributed by atoms with Crippen LogP contribution in [0, 0.1) is 0 Å². The monoisotopic (exact) mass is 689 g/mol. The average Bonchev–Trinajstić information content (AvgIpc) is 1.96. The van der Waals surface area contributed by atoms with E-state index in [1.165, 1.54) is 0 Å². The molecular formula is C18H54BiN3Si6. The molecule has 0 spiro atoms. The van der Waals surface area contributed by atoms with Gasteiger partial charge in [0.05, 0.1) is 0 Å². The third kappa shape index (κ3) is 51.1. The number of hydrogen-bond acceptors (Lipinski definition) is 0. The predicted octanol–water partition coefficient (Wildman–Crippen LogP) is 8.71. The van der Waals surface area contributed by atoms with Gasteiger partial charge in [0.25, 0.3) is 0 Å². The molecule has 0 unspecified atom stereocenters. The molecule has 0 bridgehead atoms. The zero-order chi connectivity index (χ0) is 23.1. The molecule has 0 N–H and O–H groups in total. The van der Waals surface area contributed by atoms with E-state index in [0.29, 0.717) is 0 Å².